The highest BCUT2D eigenvalue weighted by atomic mass is 16.5. The number of carbonyl (C=O) groups excluding carboxylic acids is 1. The molecule has 0 N–H and O–H groups in total. The third kappa shape index (κ3) is 3.09. The molecule has 2 heteroatoms. The van der Waals surface area contributed by atoms with Crippen LogP contribution in [0.4, 0.5) is 0 Å². The van der Waals surface area contributed by atoms with Crippen LogP contribution >= 0.6 is 0 Å². The van der Waals surface area contributed by atoms with Crippen molar-refractivity contribution in [1.82, 2.24) is 0 Å². The Morgan fingerprint density at radius 3 is 2.94 bits per heavy atom. The fraction of sp³-hybridized carbons (Fsp3) is 0.500. The Kier molecular flexibility index (Phi) is 5.03. The van der Waals surface area contributed by atoms with Gasteiger partial charge in [0.15, 0.2) is 5.76 Å². The molecule has 1 aliphatic rings. The molecule has 0 aromatic carbocycles. The molecule has 2 atom stereocenters. The van der Waals surface area contributed by atoms with Crippen LogP contribution in [0.1, 0.15) is 26.2 Å². The fourth-order valence-electron chi connectivity index (χ4n) is 2.11. The number of ether oxygens (including phenoxy) is 1. The van der Waals surface area contributed by atoms with E-state index in [0.717, 1.165) is 19.3 Å². The van der Waals surface area contributed by atoms with Crippen molar-refractivity contribution in [2.45, 2.75) is 26.2 Å². The molecule has 2 nitrogen and oxygen atoms in total. The summed E-state index contributed by atoms with van der Waals surface area (Å²) in [6.45, 7) is 5.96. The van der Waals surface area contributed by atoms with Crippen LogP contribution in [0.5, 0.6) is 0 Å². The highest BCUT2D eigenvalue weighted by Gasteiger charge is 2.21. The van der Waals surface area contributed by atoms with Gasteiger partial charge in [-0.3, -0.25) is 4.79 Å². The summed E-state index contributed by atoms with van der Waals surface area (Å²) in [5.41, 5.74) is 0. The van der Waals surface area contributed by atoms with E-state index >= 15 is 0 Å². The first-order valence-corrected chi connectivity index (χ1v) is 5.82. The summed E-state index contributed by atoms with van der Waals surface area (Å²) in [6.07, 6.45) is 10.8. The molecular formula is C14H20O2. The summed E-state index contributed by atoms with van der Waals surface area (Å²) < 4.78 is 5.07. The van der Waals surface area contributed by atoms with Crippen molar-refractivity contribution in [3.05, 3.63) is 36.6 Å². The number of hydrogen-bond acceptors (Lipinski definition) is 2. The summed E-state index contributed by atoms with van der Waals surface area (Å²) in [5.74, 6) is 1.26. The van der Waals surface area contributed by atoms with E-state index in [-0.39, 0.29) is 5.78 Å². The molecule has 0 aliphatic heterocycles. The highest BCUT2D eigenvalue weighted by molar-refractivity contribution is 6.03. The maximum Gasteiger partial charge on any atom is 0.219 e. The predicted molar refractivity (Wildman–Crippen MR) is 65.9 cm³/mol. The predicted octanol–water partition coefficient (Wildman–Crippen LogP) is 3.26. The lowest BCUT2D eigenvalue weighted by Gasteiger charge is -2.23. The third-order valence-electron chi connectivity index (χ3n) is 2.95. The first-order chi connectivity index (χ1) is 7.72. The van der Waals surface area contributed by atoms with Crippen LogP contribution in [-0.4, -0.2) is 12.9 Å². The van der Waals surface area contributed by atoms with Gasteiger partial charge >= 0.3 is 0 Å². The van der Waals surface area contributed by atoms with E-state index in [1.54, 1.807) is 13.2 Å². The number of ketones is 1. The molecule has 0 amide bonds. The topological polar surface area (TPSA) is 26.3 Å². The van der Waals surface area contributed by atoms with E-state index in [9.17, 15) is 4.79 Å². The quantitative estimate of drug-likeness (QED) is 0.642. The van der Waals surface area contributed by atoms with Gasteiger partial charge in [-0.1, -0.05) is 25.5 Å². The first-order valence-electron chi connectivity index (χ1n) is 5.82. The van der Waals surface area contributed by atoms with Gasteiger partial charge in [-0.15, -0.1) is 6.58 Å². The Bertz CT molecular complexity index is 313. The van der Waals surface area contributed by atoms with Crippen LogP contribution in [0.3, 0.4) is 0 Å². The lowest BCUT2D eigenvalue weighted by molar-refractivity contribution is -0.114. The molecule has 0 fully saturated rings. The normalized spacial score (nSPS) is 21.5. The van der Waals surface area contributed by atoms with Crippen LogP contribution in [0, 0.1) is 11.8 Å². The molecule has 0 spiro atoms. The van der Waals surface area contributed by atoms with Crippen LogP contribution in [0.2, 0.25) is 0 Å². The largest absolute Gasteiger partial charge is 0.493 e. The Hall–Kier alpha value is -1.31. The van der Waals surface area contributed by atoms with Gasteiger partial charge in [-0.25, -0.2) is 0 Å². The monoisotopic (exact) mass is 220 g/mol. The van der Waals surface area contributed by atoms with Gasteiger partial charge in [0.25, 0.3) is 0 Å². The first kappa shape index (κ1) is 12.8. The van der Waals surface area contributed by atoms with Gasteiger partial charge in [0.1, 0.15) is 0 Å². The van der Waals surface area contributed by atoms with Crippen molar-refractivity contribution in [3.8, 4) is 0 Å². The fourth-order valence-corrected chi connectivity index (χ4v) is 2.11. The SMILES string of the molecule is C=CCC(CCC)C1C=CC(=O)C(OC)=C1. The molecule has 0 saturated heterocycles. The van der Waals surface area contributed by atoms with Crippen molar-refractivity contribution in [1.29, 1.82) is 0 Å². The van der Waals surface area contributed by atoms with Gasteiger partial charge in [-0.05, 0) is 30.9 Å². The van der Waals surface area contributed by atoms with Crippen molar-refractivity contribution in [2.24, 2.45) is 11.8 Å². The number of carbonyl (C=O) groups is 1. The van der Waals surface area contributed by atoms with Crippen LogP contribution in [-0.2, 0) is 9.53 Å². The molecule has 0 radical (unpaired) electrons. The molecule has 16 heavy (non-hydrogen) atoms. The molecule has 2 unspecified atom stereocenters. The number of rotatable bonds is 6. The van der Waals surface area contributed by atoms with E-state index < -0.39 is 0 Å². The molecule has 88 valence electrons. The van der Waals surface area contributed by atoms with E-state index in [0.29, 0.717) is 17.6 Å². The molecule has 0 heterocycles. The number of methoxy groups -OCH3 is 1. The molecule has 0 aromatic heterocycles. The summed E-state index contributed by atoms with van der Waals surface area (Å²) >= 11 is 0. The average Bonchev–Trinajstić information content (AvgIpc) is 2.29. The Morgan fingerprint density at radius 1 is 1.62 bits per heavy atom. The van der Waals surface area contributed by atoms with Gasteiger partial charge in [0.2, 0.25) is 5.78 Å². The average molecular weight is 220 g/mol. The minimum Gasteiger partial charge on any atom is -0.493 e. The zero-order valence-corrected chi connectivity index (χ0v) is 10.1. The van der Waals surface area contributed by atoms with E-state index in [2.05, 4.69) is 13.5 Å². The second kappa shape index (κ2) is 6.31. The number of allylic oxidation sites excluding steroid dienone is 4. The zero-order chi connectivity index (χ0) is 12.0. The summed E-state index contributed by atoms with van der Waals surface area (Å²) in [6, 6.07) is 0. The Balaban J connectivity index is 2.77. The molecule has 0 saturated carbocycles. The molecular weight excluding hydrogens is 200 g/mol. The minimum absolute atomic E-state index is 0.0346. The second-order valence-corrected chi connectivity index (χ2v) is 4.11. The maximum absolute atomic E-state index is 11.4. The van der Waals surface area contributed by atoms with Crippen molar-refractivity contribution in [3.63, 3.8) is 0 Å². The molecule has 1 rings (SSSR count). The second-order valence-electron chi connectivity index (χ2n) is 4.11. The smallest absolute Gasteiger partial charge is 0.219 e. The molecule has 1 aliphatic carbocycles. The van der Waals surface area contributed by atoms with Crippen LogP contribution in [0.15, 0.2) is 36.6 Å². The van der Waals surface area contributed by atoms with E-state index in [4.69, 9.17) is 4.74 Å². The van der Waals surface area contributed by atoms with Crippen molar-refractivity contribution < 1.29 is 9.53 Å². The third-order valence-corrected chi connectivity index (χ3v) is 2.95. The Morgan fingerprint density at radius 2 is 2.38 bits per heavy atom. The lowest BCUT2D eigenvalue weighted by Crippen LogP contribution is -2.16. The minimum atomic E-state index is -0.0346. The van der Waals surface area contributed by atoms with Crippen LogP contribution < -0.4 is 0 Å². The summed E-state index contributed by atoms with van der Waals surface area (Å²) in [5, 5.41) is 0. The van der Waals surface area contributed by atoms with E-state index in [1.165, 1.54) is 0 Å². The van der Waals surface area contributed by atoms with Gasteiger partial charge in [-0.2, -0.15) is 0 Å². The number of hydrogen-bond donors (Lipinski definition) is 0. The standard InChI is InChI=1S/C14H20O2/c1-4-6-11(7-5-2)12-8-9-13(15)14(10-12)16-3/h4,8-12H,1,5-7H2,2-3H3. The molecule has 0 bridgehead atoms. The summed E-state index contributed by atoms with van der Waals surface area (Å²) in [7, 11) is 1.54. The van der Waals surface area contributed by atoms with E-state index in [1.807, 2.05) is 18.2 Å². The van der Waals surface area contributed by atoms with Crippen molar-refractivity contribution >= 4 is 5.78 Å². The van der Waals surface area contributed by atoms with Crippen molar-refractivity contribution in [2.75, 3.05) is 7.11 Å². The van der Waals surface area contributed by atoms with Gasteiger partial charge < -0.3 is 4.74 Å². The van der Waals surface area contributed by atoms with Gasteiger partial charge in [0, 0.05) is 5.92 Å². The highest BCUT2D eigenvalue weighted by Crippen LogP contribution is 2.28. The van der Waals surface area contributed by atoms with Crippen LogP contribution in [0.25, 0.3) is 0 Å². The molecule has 0 aromatic rings. The lowest BCUT2D eigenvalue weighted by atomic mass is 9.83. The van der Waals surface area contributed by atoms with Gasteiger partial charge in [0.05, 0.1) is 7.11 Å². The zero-order valence-electron chi connectivity index (χ0n) is 10.1. The Labute approximate surface area is 97.7 Å². The summed E-state index contributed by atoms with van der Waals surface area (Å²) in [4.78, 5) is 11.4. The maximum atomic E-state index is 11.4.